The van der Waals surface area contributed by atoms with Crippen molar-refractivity contribution in [3.8, 4) is 0 Å². The normalized spacial score (nSPS) is 28.8. The van der Waals surface area contributed by atoms with E-state index < -0.39 is 10.0 Å². The van der Waals surface area contributed by atoms with Crippen LogP contribution in [0.25, 0.3) is 0 Å². The summed E-state index contributed by atoms with van der Waals surface area (Å²) < 4.78 is 28.2. The van der Waals surface area contributed by atoms with Crippen molar-refractivity contribution < 1.29 is 8.42 Å². The van der Waals surface area contributed by atoms with Gasteiger partial charge in [0, 0.05) is 43.4 Å². The Morgan fingerprint density at radius 3 is 2.64 bits per heavy atom. The lowest BCUT2D eigenvalue weighted by Gasteiger charge is -2.21. The van der Waals surface area contributed by atoms with Crippen molar-refractivity contribution in [3.05, 3.63) is 22.7 Å². The van der Waals surface area contributed by atoms with Gasteiger partial charge in [-0.05, 0) is 58.8 Å². The van der Waals surface area contributed by atoms with E-state index in [0.717, 1.165) is 18.5 Å². The molecule has 2 aliphatic rings. The lowest BCUT2D eigenvalue weighted by atomic mass is 9.98. The fourth-order valence-electron chi connectivity index (χ4n) is 3.57. The molecule has 1 aromatic rings. The van der Waals surface area contributed by atoms with Crippen LogP contribution < -0.4 is 10.6 Å². The number of hydrogen-bond donors (Lipinski definition) is 1. The van der Waals surface area contributed by atoms with E-state index in [1.54, 1.807) is 16.4 Å². The molecule has 2 fully saturated rings. The second-order valence-electron chi connectivity index (χ2n) is 6.50. The molecule has 0 bridgehead atoms. The molecule has 3 rings (SSSR count). The third kappa shape index (κ3) is 2.68. The summed E-state index contributed by atoms with van der Waals surface area (Å²) in [5.41, 5.74) is 6.99. The Morgan fingerprint density at radius 1 is 1.27 bits per heavy atom. The van der Waals surface area contributed by atoms with E-state index in [0.29, 0.717) is 34.3 Å². The van der Waals surface area contributed by atoms with Gasteiger partial charge in [-0.15, -0.1) is 0 Å². The van der Waals surface area contributed by atoms with E-state index in [-0.39, 0.29) is 6.04 Å². The van der Waals surface area contributed by atoms with Crippen molar-refractivity contribution in [1.29, 1.82) is 0 Å². The Balaban J connectivity index is 1.92. The summed E-state index contributed by atoms with van der Waals surface area (Å²) in [6.45, 7) is 1.14. The molecule has 22 heavy (non-hydrogen) atoms. The summed E-state index contributed by atoms with van der Waals surface area (Å²) in [5.74, 6) is 0.728. The lowest BCUT2D eigenvalue weighted by molar-refractivity contribution is 0.427. The van der Waals surface area contributed by atoms with Crippen LogP contribution in [-0.2, 0) is 10.0 Å². The molecule has 0 radical (unpaired) electrons. The second kappa shape index (κ2) is 5.78. The number of sulfonamides is 1. The van der Waals surface area contributed by atoms with Crippen molar-refractivity contribution in [1.82, 2.24) is 4.31 Å². The highest BCUT2D eigenvalue weighted by atomic mass is 79.9. The largest absolute Gasteiger partial charge is 0.378 e. The highest BCUT2D eigenvalue weighted by Crippen LogP contribution is 2.40. The third-order valence-corrected chi connectivity index (χ3v) is 7.75. The maximum Gasteiger partial charge on any atom is 0.244 e. The van der Waals surface area contributed by atoms with Crippen LogP contribution in [0.1, 0.15) is 12.8 Å². The number of fused-ring (bicyclic) bond motifs is 1. The Kier molecular flexibility index (Phi) is 4.26. The summed E-state index contributed by atoms with van der Waals surface area (Å²) in [4.78, 5) is 2.24. The summed E-state index contributed by atoms with van der Waals surface area (Å²) in [5, 5.41) is 0. The van der Waals surface area contributed by atoms with E-state index in [1.807, 2.05) is 25.1 Å². The molecule has 7 heteroatoms. The predicted molar refractivity (Wildman–Crippen MR) is 91.4 cm³/mol. The first-order valence-electron chi connectivity index (χ1n) is 7.53. The SMILES string of the molecule is CN(C)c1ccc(Br)c(S(=O)(=O)N2CC3CCC(N)C3C2)c1. The molecular weight excluding hydrogens is 366 g/mol. The molecule has 0 spiro atoms. The van der Waals surface area contributed by atoms with E-state index in [4.69, 9.17) is 5.73 Å². The van der Waals surface area contributed by atoms with Crippen molar-refractivity contribution in [3.63, 3.8) is 0 Å². The van der Waals surface area contributed by atoms with Crippen LogP contribution in [-0.4, -0.2) is 45.9 Å². The van der Waals surface area contributed by atoms with Gasteiger partial charge in [0.05, 0.1) is 4.90 Å². The summed E-state index contributed by atoms with van der Waals surface area (Å²) in [7, 11) is 0.317. The average Bonchev–Trinajstić information content (AvgIpc) is 3.02. The minimum atomic E-state index is -3.49. The van der Waals surface area contributed by atoms with Gasteiger partial charge < -0.3 is 10.6 Å². The van der Waals surface area contributed by atoms with Crippen LogP contribution in [0, 0.1) is 11.8 Å². The van der Waals surface area contributed by atoms with E-state index in [2.05, 4.69) is 15.9 Å². The molecule has 1 aliphatic carbocycles. The number of nitrogens with zero attached hydrogens (tertiary/aromatic N) is 2. The number of anilines is 1. The second-order valence-corrected chi connectivity index (χ2v) is 9.26. The fourth-order valence-corrected chi connectivity index (χ4v) is 6.05. The van der Waals surface area contributed by atoms with Crippen molar-refractivity contribution >= 4 is 31.6 Å². The predicted octanol–water partition coefficient (Wildman–Crippen LogP) is 1.87. The van der Waals surface area contributed by atoms with Crippen molar-refractivity contribution in [2.75, 3.05) is 32.1 Å². The van der Waals surface area contributed by atoms with Gasteiger partial charge in [0.1, 0.15) is 0 Å². The highest BCUT2D eigenvalue weighted by molar-refractivity contribution is 9.10. The van der Waals surface area contributed by atoms with E-state index >= 15 is 0 Å². The van der Waals surface area contributed by atoms with Crippen LogP contribution in [0.2, 0.25) is 0 Å². The molecule has 122 valence electrons. The van der Waals surface area contributed by atoms with Crippen molar-refractivity contribution in [2.45, 2.75) is 23.8 Å². The first-order valence-corrected chi connectivity index (χ1v) is 9.76. The van der Waals surface area contributed by atoms with Gasteiger partial charge in [-0.25, -0.2) is 8.42 Å². The Hall–Kier alpha value is -0.630. The number of hydrogen-bond acceptors (Lipinski definition) is 4. The Labute approximate surface area is 140 Å². The van der Waals surface area contributed by atoms with E-state index in [1.165, 1.54) is 0 Å². The summed E-state index contributed by atoms with van der Waals surface area (Å²) >= 11 is 3.39. The van der Waals surface area contributed by atoms with Crippen LogP contribution in [0.5, 0.6) is 0 Å². The zero-order valence-corrected chi connectivity index (χ0v) is 15.3. The molecule has 1 aromatic carbocycles. The molecule has 1 aliphatic heterocycles. The molecule has 1 heterocycles. The van der Waals surface area contributed by atoms with Crippen molar-refractivity contribution in [2.24, 2.45) is 17.6 Å². The molecule has 0 aromatic heterocycles. The van der Waals surface area contributed by atoms with Gasteiger partial charge in [-0.3, -0.25) is 0 Å². The number of halogens is 1. The van der Waals surface area contributed by atoms with E-state index in [9.17, 15) is 8.42 Å². The zero-order valence-electron chi connectivity index (χ0n) is 12.9. The minimum absolute atomic E-state index is 0.141. The molecule has 1 saturated heterocycles. The average molecular weight is 388 g/mol. The third-order valence-electron chi connectivity index (χ3n) is 4.93. The first-order chi connectivity index (χ1) is 10.3. The maximum atomic E-state index is 13.0. The lowest BCUT2D eigenvalue weighted by Crippen LogP contribution is -2.33. The number of nitrogens with two attached hydrogens (primary N) is 1. The fraction of sp³-hybridized carbons (Fsp3) is 0.600. The molecule has 3 unspecified atom stereocenters. The Morgan fingerprint density at radius 2 is 2.00 bits per heavy atom. The van der Waals surface area contributed by atoms with Gasteiger partial charge >= 0.3 is 0 Å². The highest BCUT2D eigenvalue weighted by Gasteiger charge is 2.45. The topological polar surface area (TPSA) is 66.6 Å². The van der Waals surface area contributed by atoms with Gasteiger partial charge in [-0.1, -0.05) is 0 Å². The quantitative estimate of drug-likeness (QED) is 0.859. The molecule has 0 amide bonds. The first kappa shape index (κ1) is 16.2. The molecule has 3 atom stereocenters. The summed E-state index contributed by atoms with van der Waals surface area (Å²) in [6, 6.07) is 5.57. The Bertz CT molecular complexity index is 677. The van der Waals surface area contributed by atoms with Crippen LogP contribution in [0.15, 0.2) is 27.6 Å². The van der Waals surface area contributed by atoms with Crippen LogP contribution in [0.3, 0.4) is 0 Å². The standard InChI is InChI=1S/C15H22BrN3O2S/c1-18(2)11-4-5-13(16)15(7-11)22(20,21)19-8-10-3-6-14(17)12(10)9-19/h4-5,7,10,12,14H,3,6,8-9,17H2,1-2H3. The van der Waals surface area contributed by atoms with Gasteiger partial charge in [0.15, 0.2) is 0 Å². The minimum Gasteiger partial charge on any atom is -0.378 e. The number of rotatable bonds is 3. The van der Waals surface area contributed by atoms with Gasteiger partial charge in [-0.2, -0.15) is 4.31 Å². The summed E-state index contributed by atoms with van der Waals surface area (Å²) in [6.07, 6.45) is 2.06. The number of benzene rings is 1. The van der Waals surface area contributed by atoms with Gasteiger partial charge in [0.25, 0.3) is 0 Å². The van der Waals surface area contributed by atoms with Crippen LogP contribution >= 0.6 is 15.9 Å². The van der Waals surface area contributed by atoms with Crippen LogP contribution in [0.4, 0.5) is 5.69 Å². The monoisotopic (exact) mass is 387 g/mol. The molecule has 2 N–H and O–H groups in total. The smallest absolute Gasteiger partial charge is 0.244 e. The molecule has 1 saturated carbocycles. The zero-order chi connectivity index (χ0) is 16.1. The molecular formula is C15H22BrN3O2S. The maximum absolute atomic E-state index is 13.0. The van der Waals surface area contributed by atoms with Gasteiger partial charge in [0.2, 0.25) is 10.0 Å². The molecule has 5 nitrogen and oxygen atoms in total.